The summed E-state index contributed by atoms with van der Waals surface area (Å²) in [4.78, 5) is 16.3. The minimum absolute atomic E-state index is 0.00441. The average Bonchev–Trinajstić information content (AvgIpc) is 3.59. The molecule has 2 aromatic heterocycles. The number of methoxy groups -OCH3 is 1. The molecule has 0 aliphatic rings. The molecule has 5 aromatic rings. The Morgan fingerprint density at radius 3 is 2.46 bits per heavy atom. The molecule has 0 spiro atoms. The predicted octanol–water partition coefficient (Wildman–Crippen LogP) is 7.63. The summed E-state index contributed by atoms with van der Waals surface area (Å²) in [6.07, 6.45) is 1.61. The molecule has 8 nitrogen and oxygen atoms in total. The Balaban J connectivity index is 1.52. The van der Waals surface area contributed by atoms with Gasteiger partial charge in [0.25, 0.3) is 5.69 Å². The number of aromatic nitrogens is 1. The monoisotopic (exact) mass is 538 g/mol. The van der Waals surface area contributed by atoms with Gasteiger partial charge in [0.2, 0.25) is 4.80 Å². The lowest BCUT2D eigenvalue weighted by Gasteiger charge is -2.06. The Morgan fingerprint density at radius 2 is 1.77 bits per heavy atom. The van der Waals surface area contributed by atoms with E-state index in [0.29, 0.717) is 27.8 Å². The van der Waals surface area contributed by atoms with Crippen molar-refractivity contribution in [2.75, 3.05) is 7.11 Å². The number of thiazole rings is 1. The van der Waals surface area contributed by atoms with Gasteiger partial charge in [0, 0.05) is 28.6 Å². The molecular formula is C30H26N4O4S. The van der Waals surface area contributed by atoms with Crippen molar-refractivity contribution in [3.05, 3.63) is 117 Å². The normalized spacial score (nSPS) is 11.9. The highest BCUT2D eigenvalue weighted by Gasteiger charge is 2.11. The first-order chi connectivity index (χ1) is 18.9. The Morgan fingerprint density at radius 1 is 1.00 bits per heavy atom. The molecule has 0 fully saturated rings. The Bertz CT molecular complexity index is 1690. The Labute approximate surface area is 229 Å². The van der Waals surface area contributed by atoms with Crippen LogP contribution in [0.5, 0.6) is 5.75 Å². The highest BCUT2D eigenvalue weighted by Crippen LogP contribution is 2.27. The van der Waals surface area contributed by atoms with E-state index < -0.39 is 4.92 Å². The van der Waals surface area contributed by atoms with Crippen molar-refractivity contribution < 1.29 is 14.1 Å². The van der Waals surface area contributed by atoms with E-state index in [4.69, 9.17) is 19.2 Å². The number of nitro groups is 1. The number of ether oxygens (including phenoxy) is 1. The molecule has 39 heavy (non-hydrogen) atoms. The molecular weight excluding hydrogens is 512 g/mol. The Hall–Kier alpha value is -4.76. The second-order valence-corrected chi connectivity index (χ2v) is 9.89. The summed E-state index contributed by atoms with van der Waals surface area (Å²) < 4.78 is 13.0. The van der Waals surface area contributed by atoms with Crippen LogP contribution in [0.3, 0.4) is 0 Å². The van der Waals surface area contributed by atoms with Crippen LogP contribution in [-0.2, 0) is 0 Å². The van der Waals surface area contributed by atoms with Crippen LogP contribution in [0.15, 0.2) is 105 Å². The van der Waals surface area contributed by atoms with E-state index in [2.05, 4.69) is 26.0 Å². The predicted molar refractivity (Wildman–Crippen MR) is 154 cm³/mol. The van der Waals surface area contributed by atoms with E-state index in [1.807, 2.05) is 41.8 Å². The van der Waals surface area contributed by atoms with Gasteiger partial charge in [0.05, 0.1) is 29.6 Å². The number of rotatable bonds is 8. The number of furan rings is 1. The fourth-order valence-corrected chi connectivity index (χ4v) is 4.81. The van der Waals surface area contributed by atoms with Crippen molar-refractivity contribution in [3.8, 4) is 28.3 Å². The lowest BCUT2D eigenvalue weighted by Crippen LogP contribution is -2.11. The van der Waals surface area contributed by atoms with Crippen LogP contribution in [0.2, 0.25) is 0 Å². The zero-order chi connectivity index (χ0) is 27.4. The van der Waals surface area contributed by atoms with E-state index in [0.717, 1.165) is 22.7 Å². The average molecular weight is 539 g/mol. The van der Waals surface area contributed by atoms with Gasteiger partial charge in [-0.2, -0.15) is 5.10 Å². The molecule has 0 saturated carbocycles. The van der Waals surface area contributed by atoms with E-state index in [-0.39, 0.29) is 5.69 Å². The molecule has 3 aromatic carbocycles. The van der Waals surface area contributed by atoms with Crippen molar-refractivity contribution in [1.82, 2.24) is 4.68 Å². The first kappa shape index (κ1) is 25.9. The van der Waals surface area contributed by atoms with Crippen molar-refractivity contribution in [1.29, 1.82) is 0 Å². The molecule has 196 valence electrons. The number of benzene rings is 3. The quantitative estimate of drug-likeness (QED) is 0.115. The second kappa shape index (κ2) is 11.3. The van der Waals surface area contributed by atoms with Crippen molar-refractivity contribution in [2.45, 2.75) is 19.8 Å². The third-order valence-corrected chi connectivity index (χ3v) is 6.94. The van der Waals surface area contributed by atoms with Crippen LogP contribution < -0.4 is 9.54 Å². The van der Waals surface area contributed by atoms with Crippen molar-refractivity contribution in [3.63, 3.8) is 0 Å². The largest absolute Gasteiger partial charge is 0.497 e. The summed E-state index contributed by atoms with van der Waals surface area (Å²) in [5, 5.41) is 17.9. The van der Waals surface area contributed by atoms with Crippen LogP contribution in [0.25, 0.3) is 22.6 Å². The van der Waals surface area contributed by atoms with Gasteiger partial charge < -0.3 is 9.15 Å². The molecule has 0 aliphatic carbocycles. The minimum Gasteiger partial charge on any atom is -0.497 e. The standard InChI is InChI=1S/C30H26N4O4S/c1-20(2)21-7-11-24(12-8-21)32-30-33(28(19-39-30)22-9-13-26(37-3)14-10-22)31-18-27-15-16-29(38-27)23-5-4-6-25(17-23)34(35)36/h4-20H,1-3H3/b31-18-,32-30?. The Kier molecular flexibility index (Phi) is 7.51. The smallest absolute Gasteiger partial charge is 0.270 e. The minimum atomic E-state index is -0.426. The summed E-state index contributed by atoms with van der Waals surface area (Å²) in [7, 11) is 1.64. The second-order valence-electron chi connectivity index (χ2n) is 9.06. The van der Waals surface area contributed by atoms with E-state index in [1.165, 1.54) is 29.0 Å². The fraction of sp³-hybridized carbons (Fsp3) is 0.133. The van der Waals surface area contributed by atoms with Gasteiger partial charge in [-0.15, -0.1) is 11.3 Å². The SMILES string of the molecule is COc1ccc(-c2csc(=Nc3ccc(C(C)C)cc3)n2/N=C\c2ccc(-c3cccc([N+](=O)[O-])c3)o2)cc1. The molecule has 0 unspecified atom stereocenters. The first-order valence-corrected chi connectivity index (χ1v) is 13.2. The van der Waals surface area contributed by atoms with E-state index in [1.54, 1.807) is 42.3 Å². The van der Waals surface area contributed by atoms with E-state index >= 15 is 0 Å². The summed E-state index contributed by atoms with van der Waals surface area (Å²) in [6.45, 7) is 4.32. The van der Waals surface area contributed by atoms with Crippen molar-refractivity contribution in [2.24, 2.45) is 10.1 Å². The number of hydrogen-bond donors (Lipinski definition) is 0. The number of non-ortho nitro benzene ring substituents is 1. The fourth-order valence-electron chi connectivity index (χ4n) is 3.96. The third kappa shape index (κ3) is 5.89. The molecule has 0 atom stereocenters. The van der Waals surface area contributed by atoms with Gasteiger partial charge in [-0.05, 0) is 60.0 Å². The van der Waals surface area contributed by atoms with Crippen LogP contribution in [-0.4, -0.2) is 22.9 Å². The molecule has 9 heteroatoms. The van der Waals surface area contributed by atoms with Crippen LogP contribution in [0.4, 0.5) is 11.4 Å². The lowest BCUT2D eigenvalue weighted by molar-refractivity contribution is -0.384. The molecule has 2 heterocycles. The van der Waals surface area contributed by atoms with E-state index in [9.17, 15) is 10.1 Å². The van der Waals surface area contributed by atoms with Gasteiger partial charge >= 0.3 is 0 Å². The van der Waals surface area contributed by atoms with Gasteiger partial charge in [0.15, 0.2) is 0 Å². The number of hydrogen-bond acceptors (Lipinski definition) is 7. The molecule has 5 rings (SSSR count). The lowest BCUT2D eigenvalue weighted by atomic mass is 10.0. The zero-order valence-corrected chi connectivity index (χ0v) is 22.5. The summed E-state index contributed by atoms with van der Waals surface area (Å²) in [6, 6.07) is 25.8. The van der Waals surface area contributed by atoms with Crippen LogP contribution >= 0.6 is 11.3 Å². The highest BCUT2D eigenvalue weighted by atomic mass is 32.1. The molecule has 0 aliphatic heterocycles. The third-order valence-electron chi connectivity index (χ3n) is 6.12. The maximum Gasteiger partial charge on any atom is 0.270 e. The molecule has 0 saturated heterocycles. The maximum atomic E-state index is 11.2. The van der Waals surface area contributed by atoms with Crippen LogP contribution in [0.1, 0.15) is 31.1 Å². The van der Waals surface area contributed by atoms with Gasteiger partial charge in [-0.25, -0.2) is 9.67 Å². The molecule has 0 radical (unpaired) electrons. The summed E-state index contributed by atoms with van der Waals surface area (Å²) >= 11 is 1.48. The van der Waals surface area contributed by atoms with Gasteiger partial charge in [-0.1, -0.05) is 38.1 Å². The highest BCUT2D eigenvalue weighted by molar-refractivity contribution is 7.07. The van der Waals surface area contributed by atoms with Gasteiger partial charge in [0.1, 0.15) is 17.3 Å². The molecule has 0 bridgehead atoms. The first-order valence-electron chi connectivity index (χ1n) is 12.3. The number of nitrogens with zero attached hydrogens (tertiary/aromatic N) is 4. The molecule has 0 N–H and O–H groups in total. The van der Waals surface area contributed by atoms with Gasteiger partial charge in [-0.3, -0.25) is 10.1 Å². The zero-order valence-electron chi connectivity index (χ0n) is 21.6. The molecule has 0 amide bonds. The summed E-state index contributed by atoms with van der Waals surface area (Å²) in [5.74, 6) is 2.23. The topological polar surface area (TPSA) is 95.2 Å². The summed E-state index contributed by atoms with van der Waals surface area (Å²) in [5.41, 5.74) is 4.52. The number of nitro benzene ring substituents is 1. The maximum absolute atomic E-state index is 11.2. The van der Waals surface area contributed by atoms with Crippen LogP contribution in [0, 0.1) is 10.1 Å². The van der Waals surface area contributed by atoms with Crippen molar-refractivity contribution >= 4 is 28.9 Å².